The molecule has 3 N–H and O–H groups in total. The molecule has 10 heteroatoms. The average Bonchev–Trinajstić information content (AvgIpc) is 2.66. The summed E-state index contributed by atoms with van der Waals surface area (Å²) in [4.78, 5) is 33.7. The Hall–Kier alpha value is -3.43. The molecule has 0 saturated heterocycles. The average molecular weight is 405 g/mol. The van der Waals surface area contributed by atoms with Crippen LogP contribution in [0.25, 0.3) is 0 Å². The topological polar surface area (TPSA) is 101 Å². The first-order valence-electron chi connectivity index (χ1n) is 8.57. The number of hydrogen-bond acceptors (Lipinski definition) is 5. The van der Waals surface area contributed by atoms with E-state index in [1.807, 2.05) is 0 Å². The van der Waals surface area contributed by atoms with E-state index in [-0.39, 0.29) is 24.0 Å². The Bertz CT molecular complexity index is 988. The zero-order valence-electron chi connectivity index (χ0n) is 15.6. The summed E-state index contributed by atoms with van der Waals surface area (Å²) < 4.78 is 37.9. The van der Waals surface area contributed by atoms with Gasteiger partial charge in [-0.25, -0.2) is 4.99 Å². The summed E-state index contributed by atoms with van der Waals surface area (Å²) in [6.07, 6.45) is -3.82. The van der Waals surface area contributed by atoms with Gasteiger partial charge in [0.15, 0.2) is 5.96 Å². The van der Waals surface area contributed by atoms with Gasteiger partial charge in [0.25, 0.3) is 5.91 Å². The molecule has 0 aliphatic carbocycles. The molecule has 152 valence electrons. The fraction of sp³-hybridized carbons (Fsp3) is 0.263. The zero-order valence-corrected chi connectivity index (χ0v) is 15.6. The van der Waals surface area contributed by atoms with Gasteiger partial charge in [0, 0.05) is 18.9 Å². The van der Waals surface area contributed by atoms with Crippen molar-refractivity contribution in [1.82, 2.24) is 9.88 Å². The number of aliphatic imine (C=N–C) groups is 1. The van der Waals surface area contributed by atoms with Crippen molar-refractivity contribution in [2.24, 2.45) is 10.7 Å². The quantitative estimate of drug-likeness (QED) is 0.820. The third-order valence-electron chi connectivity index (χ3n) is 4.64. The highest BCUT2D eigenvalue weighted by atomic mass is 19.4. The van der Waals surface area contributed by atoms with Gasteiger partial charge in [0.05, 0.1) is 17.5 Å². The van der Waals surface area contributed by atoms with E-state index in [4.69, 9.17) is 5.73 Å². The number of rotatable bonds is 3. The number of guanidine groups is 1. The Balaban J connectivity index is 1.82. The molecular formula is C19H18F3N5O2. The van der Waals surface area contributed by atoms with Crippen LogP contribution in [0.3, 0.4) is 0 Å². The van der Waals surface area contributed by atoms with E-state index in [0.29, 0.717) is 17.4 Å². The number of nitrogens with zero attached hydrogens (tertiary/aromatic N) is 3. The molecule has 3 rings (SSSR count). The molecule has 2 amide bonds. The lowest BCUT2D eigenvalue weighted by Gasteiger charge is -2.33. The van der Waals surface area contributed by atoms with Gasteiger partial charge in [-0.05, 0) is 36.8 Å². The van der Waals surface area contributed by atoms with Gasteiger partial charge in [-0.2, -0.15) is 13.2 Å². The molecule has 0 bridgehead atoms. The van der Waals surface area contributed by atoms with Crippen LogP contribution in [0.15, 0.2) is 47.6 Å². The maximum Gasteiger partial charge on any atom is 0.417 e. The van der Waals surface area contributed by atoms with Crippen LogP contribution in [0, 0.1) is 0 Å². The molecule has 1 atom stereocenters. The van der Waals surface area contributed by atoms with Crippen LogP contribution >= 0.6 is 0 Å². The van der Waals surface area contributed by atoms with Gasteiger partial charge in [-0.3, -0.25) is 19.5 Å². The molecule has 29 heavy (non-hydrogen) atoms. The molecule has 0 fully saturated rings. The first kappa shape index (κ1) is 20.3. The van der Waals surface area contributed by atoms with Crippen molar-refractivity contribution >= 4 is 23.5 Å². The van der Waals surface area contributed by atoms with Crippen molar-refractivity contribution in [3.63, 3.8) is 0 Å². The van der Waals surface area contributed by atoms with E-state index in [1.165, 1.54) is 11.9 Å². The number of halogens is 3. The van der Waals surface area contributed by atoms with E-state index in [2.05, 4.69) is 15.3 Å². The number of aromatic nitrogens is 1. The minimum absolute atomic E-state index is 0.0899. The number of pyridine rings is 1. The van der Waals surface area contributed by atoms with E-state index in [1.54, 1.807) is 31.2 Å². The van der Waals surface area contributed by atoms with Gasteiger partial charge < -0.3 is 11.1 Å². The van der Waals surface area contributed by atoms with Gasteiger partial charge >= 0.3 is 6.18 Å². The third kappa shape index (κ3) is 4.20. The summed E-state index contributed by atoms with van der Waals surface area (Å²) in [6, 6.07) is 8.47. The van der Waals surface area contributed by atoms with Crippen LogP contribution in [-0.4, -0.2) is 34.7 Å². The number of nitrogens with two attached hydrogens (primary N) is 1. The Labute approximate surface area is 164 Å². The molecule has 1 aliphatic rings. The fourth-order valence-electron chi connectivity index (χ4n) is 2.90. The third-order valence-corrected chi connectivity index (χ3v) is 4.64. The predicted octanol–water partition coefficient (Wildman–Crippen LogP) is 2.74. The lowest BCUT2D eigenvalue weighted by molar-refractivity contribution is -0.137. The number of amides is 2. The molecule has 0 spiro atoms. The van der Waals surface area contributed by atoms with E-state index in [0.717, 1.165) is 12.1 Å². The second kappa shape index (κ2) is 7.19. The lowest BCUT2D eigenvalue weighted by Crippen LogP contribution is -2.47. The highest BCUT2D eigenvalue weighted by Gasteiger charge is 2.36. The molecule has 2 heterocycles. The number of nitrogens with one attached hydrogen (secondary N) is 1. The summed E-state index contributed by atoms with van der Waals surface area (Å²) in [5, 5.41) is 2.59. The van der Waals surface area contributed by atoms with Crippen molar-refractivity contribution in [1.29, 1.82) is 0 Å². The summed E-state index contributed by atoms with van der Waals surface area (Å²) >= 11 is 0. The van der Waals surface area contributed by atoms with Crippen molar-refractivity contribution < 1.29 is 22.8 Å². The van der Waals surface area contributed by atoms with Crippen molar-refractivity contribution in [2.45, 2.75) is 25.1 Å². The Morgan fingerprint density at radius 1 is 1.28 bits per heavy atom. The van der Waals surface area contributed by atoms with Gasteiger partial charge in [-0.1, -0.05) is 12.1 Å². The number of benzene rings is 1. The van der Waals surface area contributed by atoms with Crippen LogP contribution in [0.5, 0.6) is 0 Å². The molecular weight excluding hydrogens is 387 g/mol. The largest absolute Gasteiger partial charge is 0.417 e. The number of carbonyl (C=O) groups is 2. The number of carbonyl (C=O) groups excluding carboxylic acids is 2. The van der Waals surface area contributed by atoms with Crippen molar-refractivity contribution in [3.05, 3.63) is 59.4 Å². The molecule has 0 radical (unpaired) electrons. The molecule has 1 aliphatic heterocycles. The van der Waals surface area contributed by atoms with E-state index < -0.39 is 23.2 Å². The van der Waals surface area contributed by atoms with E-state index in [9.17, 15) is 22.8 Å². The van der Waals surface area contributed by atoms with Crippen LogP contribution in [-0.2, 0) is 16.5 Å². The standard InChI is InChI=1S/C19H18F3N5O2/c1-18(9-15(28)27(2)17(23)26-18)11-4-3-5-13(8-11)25-16(29)14-7-6-12(10-24-14)19(20,21)22/h3-8,10H,9H2,1-2H3,(H2,23,26)(H,25,29)/t18-/m0/s1. The highest BCUT2D eigenvalue weighted by Crippen LogP contribution is 2.34. The first-order valence-corrected chi connectivity index (χ1v) is 8.57. The minimum Gasteiger partial charge on any atom is -0.369 e. The maximum atomic E-state index is 12.6. The van der Waals surface area contributed by atoms with Crippen molar-refractivity contribution in [3.8, 4) is 0 Å². The highest BCUT2D eigenvalue weighted by molar-refractivity contribution is 6.03. The Morgan fingerprint density at radius 2 is 2.00 bits per heavy atom. The molecule has 1 aromatic heterocycles. The number of hydrogen-bond donors (Lipinski definition) is 2. The summed E-state index contributed by atoms with van der Waals surface area (Å²) in [5.41, 5.74) is 4.85. The monoisotopic (exact) mass is 405 g/mol. The summed E-state index contributed by atoms with van der Waals surface area (Å²) in [7, 11) is 1.54. The Kier molecular flexibility index (Phi) is 5.04. The number of anilines is 1. The zero-order chi connectivity index (χ0) is 21.4. The summed E-state index contributed by atoms with van der Waals surface area (Å²) in [6.45, 7) is 1.75. The van der Waals surface area contributed by atoms with Gasteiger partial charge in [0.1, 0.15) is 5.69 Å². The molecule has 0 unspecified atom stereocenters. The van der Waals surface area contributed by atoms with Crippen molar-refractivity contribution in [2.75, 3.05) is 12.4 Å². The first-order chi connectivity index (χ1) is 13.5. The normalized spacial score (nSPS) is 19.7. The smallest absolute Gasteiger partial charge is 0.369 e. The SMILES string of the molecule is CN1C(=O)C[C@@](C)(c2cccc(NC(=O)c3ccc(C(F)(F)F)cn3)c2)N=C1N. The van der Waals surface area contributed by atoms with Gasteiger partial charge in [0.2, 0.25) is 5.91 Å². The maximum absolute atomic E-state index is 12.6. The predicted molar refractivity (Wildman–Crippen MR) is 100.0 cm³/mol. The molecule has 1 aromatic carbocycles. The molecule has 2 aromatic rings. The minimum atomic E-state index is -4.53. The fourth-order valence-corrected chi connectivity index (χ4v) is 2.90. The summed E-state index contributed by atoms with van der Waals surface area (Å²) in [5.74, 6) is -0.765. The molecule has 7 nitrogen and oxygen atoms in total. The number of alkyl halides is 3. The van der Waals surface area contributed by atoms with Crippen LogP contribution in [0.4, 0.5) is 18.9 Å². The van der Waals surface area contributed by atoms with Crippen LogP contribution < -0.4 is 11.1 Å². The van der Waals surface area contributed by atoms with Crippen LogP contribution in [0.2, 0.25) is 0 Å². The van der Waals surface area contributed by atoms with Crippen LogP contribution in [0.1, 0.15) is 35.0 Å². The second-order valence-electron chi connectivity index (χ2n) is 6.84. The molecule has 0 saturated carbocycles. The van der Waals surface area contributed by atoms with E-state index >= 15 is 0 Å². The Morgan fingerprint density at radius 3 is 2.59 bits per heavy atom. The van der Waals surface area contributed by atoms with Gasteiger partial charge in [-0.15, -0.1) is 0 Å². The second-order valence-corrected chi connectivity index (χ2v) is 6.84. The lowest BCUT2D eigenvalue weighted by atomic mass is 9.87.